The Labute approximate surface area is 201 Å². The van der Waals surface area contributed by atoms with Crippen LogP contribution in [0.25, 0.3) is 6.08 Å². The standard InChI is InChI=1S/C24H28F3N3O4S/c1-5-35(33,34)20-10-15-9-16(30-19(15)12-29-20)11-23(32,24(25,26)27)13-22(3,4)18-7-6-14(2)8-17(18)21(28)31/h6-10,12,16,32H,5,11,13H2,1-4H3,(H2,28,31). The second-order valence-electron chi connectivity index (χ2n) is 9.56. The van der Waals surface area contributed by atoms with Crippen LogP contribution in [-0.4, -0.2) is 48.0 Å². The summed E-state index contributed by atoms with van der Waals surface area (Å²) in [5.74, 6) is -0.943. The minimum Gasteiger partial charge on any atom is -0.380 e. The van der Waals surface area contributed by atoms with E-state index in [1.165, 1.54) is 45.2 Å². The van der Waals surface area contributed by atoms with Crippen LogP contribution in [0, 0.1) is 6.92 Å². The van der Waals surface area contributed by atoms with Crippen LogP contribution >= 0.6 is 0 Å². The Kier molecular flexibility index (Phi) is 6.91. The molecule has 1 aliphatic rings. The van der Waals surface area contributed by atoms with Gasteiger partial charge in [0, 0.05) is 17.2 Å². The summed E-state index contributed by atoms with van der Waals surface area (Å²) in [5, 5.41) is 11.4. The Morgan fingerprint density at radius 1 is 1.20 bits per heavy atom. The molecule has 2 heterocycles. The number of amides is 1. The molecule has 0 fully saturated rings. The maximum atomic E-state index is 14.2. The number of carbonyl (C=O) groups is 1. The number of halogens is 3. The zero-order valence-corrected chi connectivity index (χ0v) is 20.7. The fourth-order valence-electron chi connectivity index (χ4n) is 4.44. The maximum Gasteiger partial charge on any atom is 0.417 e. The molecule has 2 aromatic rings. The number of aromatic nitrogens is 1. The molecule has 0 saturated carbocycles. The van der Waals surface area contributed by atoms with E-state index in [1.807, 2.05) is 0 Å². The Hall–Kier alpha value is -2.79. The number of carbonyl (C=O) groups excluding carboxylic acids is 1. The number of nitrogens with zero attached hydrogens (tertiary/aromatic N) is 2. The van der Waals surface area contributed by atoms with Gasteiger partial charge in [-0.2, -0.15) is 13.2 Å². The third-order valence-corrected chi connectivity index (χ3v) is 7.86. The van der Waals surface area contributed by atoms with E-state index in [0.717, 1.165) is 5.56 Å². The number of aliphatic hydroxyl groups is 1. The minimum absolute atomic E-state index is 0.0970. The van der Waals surface area contributed by atoms with Crippen molar-refractivity contribution < 1.29 is 31.5 Å². The van der Waals surface area contributed by atoms with E-state index in [1.54, 1.807) is 19.1 Å². The van der Waals surface area contributed by atoms with Gasteiger partial charge in [0.1, 0.15) is 0 Å². The van der Waals surface area contributed by atoms with Crippen LogP contribution in [0.2, 0.25) is 0 Å². The molecule has 2 unspecified atom stereocenters. The van der Waals surface area contributed by atoms with E-state index < -0.39 is 51.8 Å². The lowest BCUT2D eigenvalue weighted by Gasteiger charge is -2.39. The summed E-state index contributed by atoms with van der Waals surface area (Å²) in [6, 6.07) is 4.96. The first-order valence-corrected chi connectivity index (χ1v) is 12.6. The molecule has 1 amide bonds. The normalized spacial score (nSPS) is 17.8. The Balaban J connectivity index is 1.98. The van der Waals surface area contributed by atoms with Gasteiger partial charge in [-0.25, -0.2) is 13.4 Å². The van der Waals surface area contributed by atoms with Crippen LogP contribution in [0.15, 0.2) is 40.5 Å². The average Bonchev–Trinajstić information content (AvgIpc) is 3.13. The molecule has 2 atom stereocenters. The number of nitrogens with two attached hydrogens (primary N) is 1. The first-order chi connectivity index (χ1) is 16.0. The molecule has 1 aromatic carbocycles. The Morgan fingerprint density at radius 3 is 2.43 bits per heavy atom. The Morgan fingerprint density at radius 2 is 1.86 bits per heavy atom. The van der Waals surface area contributed by atoms with Crippen LogP contribution in [-0.2, 0) is 15.3 Å². The fourth-order valence-corrected chi connectivity index (χ4v) is 5.26. The first-order valence-electron chi connectivity index (χ1n) is 11.0. The monoisotopic (exact) mass is 511 g/mol. The van der Waals surface area contributed by atoms with E-state index in [4.69, 9.17) is 5.73 Å². The van der Waals surface area contributed by atoms with E-state index in [9.17, 15) is 31.5 Å². The molecular weight excluding hydrogens is 483 g/mol. The summed E-state index contributed by atoms with van der Waals surface area (Å²) in [6.07, 6.45) is -3.94. The molecule has 3 rings (SSSR count). The van der Waals surface area contributed by atoms with Gasteiger partial charge in [-0.1, -0.05) is 44.5 Å². The van der Waals surface area contributed by atoms with Gasteiger partial charge in [0.15, 0.2) is 20.5 Å². The number of fused-ring (bicyclic) bond motifs is 1. The van der Waals surface area contributed by atoms with Crippen molar-refractivity contribution in [3.63, 3.8) is 0 Å². The number of hydrogen-bond donors (Lipinski definition) is 2. The minimum atomic E-state index is -5.01. The van der Waals surface area contributed by atoms with Crippen molar-refractivity contribution in [2.24, 2.45) is 10.7 Å². The van der Waals surface area contributed by atoms with Gasteiger partial charge in [-0.3, -0.25) is 9.79 Å². The van der Waals surface area contributed by atoms with Crippen molar-refractivity contribution >= 4 is 21.8 Å². The van der Waals surface area contributed by atoms with E-state index in [0.29, 0.717) is 10.8 Å². The molecule has 0 aliphatic carbocycles. The lowest BCUT2D eigenvalue weighted by atomic mass is 9.71. The van der Waals surface area contributed by atoms with Crippen molar-refractivity contribution in [2.45, 2.75) is 68.8 Å². The number of sulfone groups is 1. The van der Waals surface area contributed by atoms with Crippen molar-refractivity contribution in [1.29, 1.82) is 0 Å². The highest BCUT2D eigenvalue weighted by Crippen LogP contribution is 2.45. The van der Waals surface area contributed by atoms with E-state index >= 15 is 0 Å². The zero-order valence-electron chi connectivity index (χ0n) is 19.8. The van der Waals surface area contributed by atoms with Gasteiger partial charge in [-0.15, -0.1) is 0 Å². The summed E-state index contributed by atoms with van der Waals surface area (Å²) in [5.41, 5.74) is 2.15. The molecule has 0 saturated heterocycles. The lowest BCUT2D eigenvalue weighted by Crippen LogP contribution is -2.51. The number of aryl methyl sites for hydroxylation is 1. The predicted octanol–water partition coefficient (Wildman–Crippen LogP) is 2.12. The van der Waals surface area contributed by atoms with E-state index in [-0.39, 0.29) is 21.7 Å². The maximum absolute atomic E-state index is 14.2. The molecule has 1 aliphatic heterocycles. The first kappa shape index (κ1) is 26.8. The third-order valence-electron chi connectivity index (χ3n) is 6.24. The number of alkyl halides is 3. The molecule has 11 heteroatoms. The van der Waals surface area contributed by atoms with Crippen molar-refractivity contribution in [3.8, 4) is 0 Å². The number of primary amides is 1. The predicted molar refractivity (Wildman–Crippen MR) is 124 cm³/mol. The number of hydrogen-bond acceptors (Lipinski definition) is 6. The van der Waals surface area contributed by atoms with E-state index in [2.05, 4.69) is 9.98 Å². The van der Waals surface area contributed by atoms with Crippen LogP contribution in [0.5, 0.6) is 0 Å². The van der Waals surface area contributed by atoms with Crippen molar-refractivity contribution in [3.05, 3.63) is 57.7 Å². The second-order valence-corrected chi connectivity index (χ2v) is 11.8. The largest absolute Gasteiger partial charge is 0.417 e. The molecule has 0 radical (unpaired) electrons. The summed E-state index contributed by atoms with van der Waals surface area (Å²) in [7, 11) is -3.60. The number of rotatable bonds is 8. The highest BCUT2D eigenvalue weighted by Gasteiger charge is 2.56. The molecule has 190 valence electrons. The summed E-state index contributed by atoms with van der Waals surface area (Å²) in [6.45, 7) is 6.22. The van der Waals surface area contributed by atoms with Gasteiger partial charge in [-0.05, 0) is 36.5 Å². The molecule has 1 aromatic heterocycles. The van der Waals surface area contributed by atoms with Gasteiger partial charge in [0.25, 0.3) is 0 Å². The zero-order chi connectivity index (χ0) is 26.4. The summed E-state index contributed by atoms with van der Waals surface area (Å²) in [4.78, 5) is 20.1. The summed E-state index contributed by atoms with van der Waals surface area (Å²) >= 11 is 0. The highest BCUT2D eigenvalue weighted by atomic mass is 32.2. The van der Waals surface area contributed by atoms with Crippen molar-refractivity contribution in [1.82, 2.24) is 4.98 Å². The molecular formula is C24H28F3N3O4S. The highest BCUT2D eigenvalue weighted by molar-refractivity contribution is 7.91. The fraction of sp³-hybridized carbons (Fsp3) is 0.458. The molecule has 0 spiro atoms. The summed E-state index contributed by atoms with van der Waals surface area (Å²) < 4.78 is 66.9. The number of benzene rings is 1. The third kappa shape index (κ3) is 5.40. The van der Waals surface area contributed by atoms with Crippen LogP contribution < -0.4 is 16.3 Å². The van der Waals surface area contributed by atoms with Crippen LogP contribution in [0.3, 0.4) is 0 Å². The van der Waals surface area contributed by atoms with Crippen molar-refractivity contribution in [2.75, 3.05) is 5.75 Å². The molecule has 0 bridgehead atoms. The quantitative estimate of drug-likeness (QED) is 0.562. The number of pyridine rings is 1. The van der Waals surface area contributed by atoms with Gasteiger partial charge in [0.2, 0.25) is 5.91 Å². The lowest BCUT2D eigenvalue weighted by molar-refractivity contribution is -0.269. The van der Waals surface area contributed by atoms with Crippen LogP contribution in [0.4, 0.5) is 13.2 Å². The van der Waals surface area contributed by atoms with Gasteiger partial charge >= 0.3 is 6.18 Å². The van der Waals surface area contributed by atoms with Gasteiger partial charge < -0.3 is 10.8 Å². The van der Waals surface area contributed by atoms with Gasteiger partial charge in [0.05, 0.1) is 23.3 Å². The van der Waals surface area contributed by atoms with Crippen LogP contribution in [0.1, 0.15) is 55.1 Å². The molecule has 35 heavy (non-hydrogen) atoms. The average molecular weight is 512 g/mol. The topological polar surface area (TPSA) is 123 Å². The molecule has 3 N–H and O–H groups in total. The Bertz CT molecular complexity index is 1390. The molecule has 7 nitrogen and oxygen atoms in total. The second kappa shape index (κ2) is 9.02. The smallest absolute Gasteiger partial charge is 0.380 e. The SMILES string of the molecule is CCS(=O)(=O)c1cc2c(cn1)=NC(CC(O)(CC(C)(C)c1ccc(C)cc1C(N)=O)C(F)(F)F)C=2.